The van der Waals surface area contributed by atoms with Gasteiger partial charge in [0.2, 0.25) is 0 Å². The maximum atomic E-state index is 12.4. The van der Waals surface area contributed by atoms with Gasteiger partial charge in [-0.05, 0) is 43.5 Å². The normalized spacial score (nSPS) is 18.5. The number of nitrogens with one attached hydrogen (secondary N) is 2. The van der Waals surface area contributed by atoms with Gasteiger partial charge in [0.1, 0.15) is 11.0 Å². The number of carbonyl (C=O) groups is 1. The first-order valence-corrected chi connectivity index (χ1v) is 9.34. The van der Waals surface area contributed by atoms with E-state index in [-0.39, 0.29) is 5.91 Å². The molecule has 0 radical (unpaired) electrons. The molecule has 1 aliphatic rings. The first kappa shape index (κ1) is 16.2. The fourth-order valence-electron chi connectivity index (χ4n) is 3.25. The number of aromatic nitrogens is 4. The molecule has 3 heterocycles. The van der Waals surface area contributed by atoms with Crippen LogP contribution in [0.3, 0.4) is 0 Å². The number of nitrogens with zero attached hydrogens (tertiary/aromatic N) is 4. The fraction of sp³-hybridized carbons (Fsp3) is 0.412. The standard InChI is InChI=1S/C17H20N6OS/c1-11-3-2-6-23(8-11)9-13-10-25-17(18-13)19-16(24)12-4-5-14-15(7-12)21-22-20-14/h4-5,7,10-11H,2-3,6,8-9H2,1H3,(H,18,19,24)(H,20,21,22)/t11-/m1/s1. The van der Waals surface area contributed by atoms with Crippen LogP contribution in [0, 0.1) is 5.92 Å². The minimum absolute atomic E-state index is 0.183. The van der Waals surface area contributed by atoms with Crippen LogP contribution in [0.5, 0.6) is 0 Å². The van der Waals surface area contributed by atoms with Crippen molar-refractivity contribution < 1.29 is 4.79 Å². The predicted octanol–water partition coefficient (Wildman–Crippen LogP) is 2.90. The zero-order chi connectivity index (χ0) is 17.2. The van der Waals surface area contributed by atoms with Crippen LogP contribution in [0.1, 0.15) is 35.8 Å². The Morgan fingerprint density at radius 2 is 2.28 bits per heavy atom. The van der Waals surface area contributed by atoms with E-state index in [2.05, 4.69) is 37.5 Å². The summed E-state index contributed by atoms with van der Waals surface area (Å²) >= 11 is 1.46. The highest BCUT2D eigenvalue weighted by Gasteiger charge is 2.18. The van der Waals surface area contributed by atoms with Gasteiger partial charge in [0, 0.05) is 24.0 Å². The molecule has 1 aromatic carbocycles. The number of rotatable bonds is 4. The monoisotopic (exact) mass is 356 g/mol. The van der Waals surface area contributed by atoms with Gasteiger partial charge in [-0.3, -0.25) is 15.0 Å². The molecule has 2 aromatic heterocycles. The van der Waals surface area contributed by atoms with Crippen molar-refractivity contribution in [3.05, 3.63) is 34.8 Å². The topological polar surface area (TPSA) is 86.8 Å². The summed E-state index contributed by atoms with van der Waals surface area (Å²) < 4.78 is 0. The van der Waals surface area contributed by atoms with Crippen LogP contribution in [-0.2, 0) is 6.54 Å². The van der Waals surface area contributed by atoms with Gasteiger partial charge in [0.05, 0.1) is 5.69 Å². The predicted molar refractivity (Wildman–Crippen MR) is 97.6 cm³/mol. The van der Waals surface area contributed by atoms with Gasteiger partial charge in [0.25, 0.3) is 5.91 Å². The molecular formula is C17H20N6OS. The van der Waals surface area contributed by atoms with E-state index in [1.54, 1.807) is 18.2 Å². The van der Waals surface area contributed by atoms with E-state index in [0.29, 0.717) is 16.2 Å². The minimum atomic E-state index is -0.183. The summed E-state index contributed by atoms with van der Waals surface area (Å²) in [4.78, 5) is 19.4. The quantitative estimate of drug-likeness (QED) is 0.750. The van der Waals surface area contributed by atoms with Crippen molar-refractivity contribution in [2.24, 2.45) is 5.92 Å². The molecule has 1 saturated heterocycles. The number of H-pyrrole nitrogens is 1. The summed E-state index contributed by atoms with van der Waals surface area (Å²) in [5, 5.41) is 16.1. The van der Waals surface area contributed by atoms with Crippen LogP contribution in [0.2, 0.25) is 0 Å². The van der Waals surface area contributed by atoms with Crippen molar-refractivity contribution in [3.8, 4) is 0 Å². The van der Waals surface area contributed by atoms with E-state index in [1.165, 1.54) is 24.2 Å². The highest BCUT2D eigenvalue weighted by atomic mass is 32.1. The Labute approximate surface area is 149 Å². The number of hydrogen-bond donors (Lipinski definition) is 2. The van der Waals surface area contributed by atoms with Gasteiger partial charge in [-0.15, -0.1) is 11.3 Å². The molecule has 1 amide bonds. The third-order valence-electron chi connectivity index (χ3n) is 4.48. The smallest absolute Gasteiger partial charge is 0.257 e. The molecule has 3 aromatic rings. The molecule has 0 spiro atoms. The van der Waals surface area contributed by atoms with Crippen molar-refractivity contribution in [2.75, 3.05) is 18.4 Å². The molecule has 0 bridgehead atoms. The SMILES string of the molecule is C[C@@H]1CCCN(Cc2csc(NC(=O)c3ccc4n[nH]nc4c3)n2)C1. The second kappa shape index (κ2) is 6.89. The Balaban J connectivity index is 1.40. The van der Waals surface area contributed by atoms with E-state index < -0.39 is 0 Å². The summed E-state index contributed by atoms with van der Waals surface area (Å²) in [5.41, 5.74) is 2.97. The Hall–Kier alpha value is -2.32. The third-order valence-corrected chi connectivity index (χ3v) is 5.28. The molecule has 1 fully saturated rings. The van der Waals surface area contributed by atoms with Crippen molar-refractivity contribution in [2.45, 2.75) is 26.3 Å². The summed E-state index contributed by atoms with van der Waals surface area (Å²) in [7, 11) is 0. The van der Waals surface area contributed by atoms with Crippen molar-refractivity contribution >= 4 is 33.4 Å². The van der Waals surface area contributed by atoms with Crippen molar-refractivity contribution in [3.63, 3.8) is 0 Å². The Morgan fingerprint density at radius 3 is 3.16 bits per heavy atom. The summed E-state index contributed by atoms with van der Waals surface area (Å²) in [6, 6.07) is 5.24. The molecule has 0 saturated carbocycles. The van der Waals surface area contributed by atoms with Crippen LogP contribution < -0.4 is 5.32 Å². The first-order chi connectivity index (χ1) is 12.2. The lowest BCUT2D eigenvalue weighted by atomic mass is 10.0. The zero-order valence-corrected chi connectivity index (χ0v) is 14.8. The molecular weight excluding hydrogens is 336 g/mol. The Morgan fingerprint density at radius 1 is 1.40 bits per heavy atom. The molecule has 0 aliphatic carbocycles. The minimum Gasteiger partial charge on any atom is -0.298 e. The summed E-state index contributed by atoms with van der Waals surface area (Å²) in [6.07, 6.45) is 2.56. The summed E-state index contributed by atoms with van der Waals surface area (Å²) in [6.45, 7) is 5.39. The largest absolute Gasteiger partial charge is 0.298 e. The van der Waals surface area contributed by atoms with Gasteiger partial charge < -0.3 is 0 Å². The molecule has 4 rings (SSSR count). The highest BCUT2D eigenvalue weighted by Crippen LogP contribution is 2.21. The lowest BCUT2D eigenvalue weighted by Crippen LogP contribution is -2.33. The van der Waals surface area contributed by atoms with Crippen LogP contribution >= 0.6 is 11.3 Å². The number of amides is 1. The molecule has 7 nitrogen and oxygen atoms in total. The van der Waals surface area contributed by atoms with Crippen molar-refractivity contribution in [1.82, 2.24) is 25.3 Å². The maximum absolute atomic E-state index is 12.4. The fourth-order valence-corrected chi connectivity index (χ4v) is 3.94. The lowest BCUT2D eigenvalue weighted by molar-refractivity contribution is 0.102. The first-order valence-electron chi connectivity index (χ1n) is 8.46. The van der Waals surface area contributed by atoms with Crippen molar-refractivity contribution in [1.29, 1.82) is 0 Å². The molecule has 25 heavy (non-hydrogen) atoms. The number of hydrogen-bond acceptors (Lipinski definition) is 6. The molecule has 0 unspecified atom stereocenters. The van der Waals surface area contributed by atoms with E-state index >= 15 is 0 Å². The third kappa shape index (κ3) is 3.69. The van der Waals surface area contributed by atoms with Crippen LogP contribution in [0.15, 0.2) is 23.6 Å². The number of anilines is 1. The second-order valence-electron chi connectivity index (χ2n) is 6.61. The number of piperidine rings is 1. The number of likely N-dealkylation sites (tertiary alicyclic amines) is 1. The average molecular weight is 356 g/mol. The highest BCUT2D eigenvalue weighted by molar-refractivity contribution is 7.13. The zero-order valence-electron chi connectivity index (χ0n) is 14.0. The maximum Gasteiger partial charge on any atom is 0.257 e. The Bertz CT molecular complexity index is 888. The van der Waals surface area contributed by atoms with E-state index in [1.807, 2.05) is 5.38 Å². The molecule has 130 valence electrons. The van der Waals surface area contributed by atoms with E-state index in [9.17, 15) is 4.79 Å². The molecule has 1 atom stereocenters. The number of thiazole rings is 1. The van der Waals surface area contributed by atoms with Gasteiger partial charge in [-0.2, -0.15) is 15.4 Å². The van der Waals surface area contributed by atoms with Gasteiger partial charge in [-0.25, -0.2) is 4.98 Å². The van der Waals surface area contributed by atoms with Gasteiger partial charge in [0.15, 0.2) is 5.13 Å². The molecule has 1 aliphatic heterocycles. The average Bonchev–Trinajstić information content (AvgIpc) is 3.23. The van der Waals surface area contributed by atoms with E-state index in [0.717, 1.165) is 36.8 Å². The number of fused-ring (bicyclic) bond motifs is 1. The number of aromatic amines is 1. The van der Waals surface area contributed by atoms with Crippen LogP contribution in [0.25, 0.3) is 11.0 Å². The van der Waals surface area contributed by atoms with Crippen LogP contribution in [-0.4, -0.2) is 44.3 Å². The number of benzene rings is 1. The van der Waals surface area contributed by atoms with Gasteiger partial charge >= 0.3 is 0 Å². The van der Waals surface area contributed by atoms with Crippen LogP contribution in [0.4, 0.5) is 5.13 Å². The Kier molecular flexibility index (Phi) is 4.46. The molecule has 2 N–H and O–H groups in total. The van der Waals surface area contributed by atoms with Gasteiger partial charge in [-0.1, -0.05) is 6.92 Å². The lowest BCUT2D eigenvalue weighted by Gasteiger charge is -2.30. The molecule has 8 heteroatoms. The summed E-state index contributed by atoms with van der Waals surface area (Å²) in [5.74, 6) is 0.565. The number of carbonyl (C=O) groups excluding carboxylic acids is 1. The van der Waals surface area contributed by atoms with E-state index in [4.69, 9.17) is 0 Å². The second-order valence-corrected chi connectivity index (χ2v) is 7.47.